The molecule has 1 N–H and O–H groups in total. The van der Waals surface area contributed by atoms with E-state index in [0.29, 0.717) is 5.56 Å². The number of halogens is 1. The maximum absolute atomic E-state index is 9.15. The highest BCUT2D eigenvalue weighted by Gasteiger charge is 2.11. The van der Waals surface area contributed by atoms with E-state index >= 15 is 0 Å². The van der Waals surface area contributed by atoms with Crippen molar-refractivity contribution >= 4 is 26.8 Å². The van der Waals surface area contributed by atoms with Crippen LogP contribution >= 0.6 is 15.9 Å². The Bertz CT molecular complexity index is 768. The van der Waals surface area contributed by atoms with Gasteiger partial charge in [0.1, 0.15) is 5.69 Å². The largest absolute Gasteiger partial charge is 0.277 e. The second-order valence-electron chi connectivity index (χ2n) is 3.92. The quantitative estimate of drug-likeness (QED) is 0.741. The lowest BCUT2D eigenvalue weighted by Crippen LogP contribution is -1.84. The minimum absolute atomic E-state index is 0.630. The summed E-state index contributed by atoms with van der Waals surface area (Å²) in [5.74, 6) is 0. The van der Waals surface area contributed by atoms with Gasteiger partial charge in [-0.1, -0.05) is 34.1 Å². The van der Waals surface area contributed by atoms with Crippen molar-refractivity contribution < 1.29 is 0 Å². The van der Waals surface area contributed by atoms with Crippen molar-refractivity contribution in [2.45, 2.75) is 0 Å². The Balaban J connectivity index is 2.32. The molecule has 0 aliphatic heterocycles. The number of rotatable bonds is 1. The van der Waals surface area contributed by atoms with Crippen LogP contribution in [0.1, 0.15) is 5.56 Å². The van der Waals surface area contributed by atoms with Crippen molar-refractivity contribution in [3.8, 4) is 17.3 Å². The summed E-state index contributed by atoms with van der Waals surface area (Å²) >= 11 is 3.45. The molecule has 4 heteroatoms. The van der Waals surface area contributed by atoms with E-state index in [2.05, 4.69) is 32.2 Å². The van der Waals surface area contributed by atoms with E-state index in [4.69, 9.17) is 5.26 Å². The summed E-state index contributed by atoms with van der Waals surface area (Å²) in [5, 5.41) is 17.5. The van der Waals surface area contributed by atoms with E-state index in [1.54, 1.807) is 6.07 Å². The van der Waals surface area contributed by atoms with E-state index < -0.39 is 0 Å². The Morgan fingerprint density at radius 2 is 2.00 bits per heavy atom. The zero-order valence-corrected chi connectivity index (χ0v) is 10.9. The maximum atomic E-state index is 9.15. The molecular weight excluding hydrogens is 290 g/mol. The molecule has 3 nitrogen and oxygen atoms in total. The molecule has 0 atom stereocenters. The summed E-state index contributed by atoms with van der Waals surface area (Å²) in [4.78, 5) is 0. The molecule has 0 unspecified atom stereocenters. The first-order valence-electron chi connectivity index (χ1n) is 5.43. The fourth-order valence-corrected chi connectivity index (χ4v) is 2.34. The zero-order valence-electron chi connectivity index (χ0n) is 9.31. The first-order valence-corrected chi connectivity index (χ1v) is 6.22. The van der Waals surface area contributed by atoms with Crippen molar-refractivity contribution in [2.75, 3.05) is 0 Å². The summed E-state index contributed by atoms with van der Waals surface area (Å²) in [6.07, 6.45) is 0. The summed E-state index contributed by atoms with van der Waals surface area (Å²) in [6.45, 7) is 0. The topological polar surface area (TPSA) is 52.5 Å². The molecule has 3 aromatic rings. The van der Waals surface area contributed by atoms with Crippen molar-refractivity contribution in [2.24, 2.45) is 0 Å². The Morgan fingerprint density at radius 3 is 2.83 bits per heavy atom. The third-order valence-electron chi connectivity index (χ3n) is 2.83. The van der Waals surface area contributed by atoms with Gasteiger partial charge in [-0.25, -0.2) is 0 Å². The number of H-pyrrole nitrogens is 1. The van der Waals surface area contributed by atoms with Gasteiger partial charge < -0.3 is 0 Å². The van der Waals surface area contributed by atoms with Crippen LogP contribution < -0.4 is 0 Å². The van der Waals surface area contributed by atoms with Gasteiger partial charge >= 0.3 is 0 Å². The second-order valence-corrected chi connectivity index (χ2v) is 4.84. The molecule has 3 rings (SSSR count). The molecule has 2 aromatic carbocycles. The van der Waals surface area contributed by atoms with E-state index in [1.165, 1.54) is 0 Å². The molecule has 0 fully saturated rings. The molecule has 0 aliphatic rings. The first-order chi connectivity index (χ1) is 8.79. The number of nitrogens with one attached hydrogen (secondary N) is 1. The van der Waals surface area contributed by atoms with Crippen molar-refractivity contribution in [1.82, 2.24) is 10.2 Å². The van der Waals surface area contributed by atoms with Crippen molar-refractivity contribution in [3.63, 3.8) is 0 Å². The van der Waals surface area contributed by atoms with Crippen LogP contribution in [0.15, 0.2) is 46.9 Å². The third-order valence-corrected chi connectivity index (χ3v) is 3.32. The Labute approximate surface area is 112 Å². The van der Waals surface area contributed by atoms with Gasteiger partial charge in [0.25, 0.3) is 0 Å². The fraction of sp³-hybridized carbons (Fsp3) is 0. The first kappa shape index (κ1) is 11.0. The van der Waals surface area contributed by atoms with Gasteiger partial charge in [0.05, 0.1) is 17.1 Å². The normalized spacial score (nSPS) is 10.4. The van der Waals surface area contributed by atoms with Crippen LogP contribution in [0.5, 0.6) is 0 Å². The van der Waals surface area contributed by atoms with Crippen LogP contribution in [0.2, 0.25) is 0 Å². The second kappa shape index (κ2) is 4.28. The highest BCUT2D eigenvalue weighted by atomic mass is 79.9. The van der Waals surface area contributed by atoms with Crippen molar-refractivity contribution in [3.05, 3.63) is 52.5 Å². The third kappa shape index (κ3) is 1.69. The number of benzene rings is 2. The van der Waals surface area contributed by atoms with Crippen LogP contribution in [-0.2, 0) is 0 Å². The van der Waals surface area contributed by atoms with Gasteiger partial charge in [-0.15, -0.1) is 0 Å². The number of hydrogen-bond donors (Lipinski definition) is 1. The molecule has 0 saturated heterocycles. The number of fused-ring (bicyclic) bond motifs is 1. The molecule has 0 radical (unpaired) electrons. The molecule has 1 aromatic heterocycles. The molecule has 86 valence electrons. The molecule has 0 spiro atoms. The zero-order chi connectivity index (χ0) is 12.5. The van der Waals surface area contributed by atoms with E-state index in [9.17, 15) is 0 Å². The highest BCUT2D eigenvalue weighted by Crippen LogP contribution is 2.30. The lowest BCUT2D eigenvalue weighted by atomic mass is 10.0. The summed E-state index contributed by atoms with van der Waals surface area (Å²) in [7, 11) is 0. The predicted molar refractivity (Wildman–Crippen MR) is 73.9 cm³/mol. The lowest BCUT2D eigenvalue weighted by Gasteiger charge is -2.00. The molecule has 0 bridgehead atoms. The van der Waals surface area contributed by atoms with Gasteiger partial charge in [0, 0.05) is 15.4 Å². The van der Waals surface area contributed by atoms with E-state index in [-0.39, 0.29) is 0 Å². The number of hydrogen-bond acceptors (Lipinski definition) is 2. The Hall–Kier alpha value is -2.12. The Kier molecular flexibility index (Phi) is 2.62. The molecule has 1 heterocycles. The van der Waals surface area contributed by atoms with Gasteiger partial charge in [0.2, 0.25) is 0 Å². The van der Waals surface area contributed by atoms with Crippen LogP contribution in [0.4, 0.5) is 0 Å². The SMILES string of the molecule is N#Cc1ccccc1-c1n[nH]c2ccc(Br)cc12. The van der Waals surface area contributed by atoms with Crippen LogP contribution in [0, 0.1) is 11.3 Å². The lowest BCUT2D eigenvalue weighted by molar-refractivity contribution is 1.12. The summed E-state index contributed by atoms with van der Waals surface area (Å²) in [6, 6.07) is 15.6. The minimum Gasteiger partial charge on any atom is -0.277 e. The number of nitriles is 1. The number of aromatic nitrogens is 2. The molecule has 0 saturated carbocycles. The van der Waals surface area contributed by atoms with Crippen LogP contribution in [-0.4, -0.2) is 10.2 Å². The molecule has 0 aliphatic carbocycles. The monoisotopic (exact) mass is 297 g/mol. The average molecular weight is 298 g/mol. The standard InChI is InChI=1S/C14H8BrN3/c15-10-5-6-13-12(7-10)14(18-17-13)11-4-2-1-3-9(11)8-16/h1-7H,(H,17,18). The molecular formula is C14H8BrN3. The predicted octanol–water partition coefficient (Wildman–Crippen LogP) is 3.86. The summed E-state index contributed by atoms with van der Waals surface area (Å²) < 4.78 is 0.993. The maximum Gasteiger partial charge on any atom is 0.101 e. The smallest absolute Gasteiger partial charge is 0.101 e. The van der Waals surface area contributed by atoms with Crippen LogP contribution in [0.25, 0.3) is 22.2 Å². The number of aromatic amines is 1. The van der Waals surface area contributed by atoms with E-state index in [1.807, 2.05) is 36.4 Å². The fourth-order valence-electron chi connectivity index (χ4n) is 1.98. The van der Waals surface area contributed by atoms with Gasteiger partial charge in [-0.2, -0.15) is 10.4 Å². The van der Waals surface area contributed by atoms with Crippen molar-refractivity contribution in [1.29, 1.82) is 5.26 Å². The molecule has 0 amide bonds. The van der Waals surface area contributed by atoms with Gasteiger partial charge in [-0.3, -0.25) is 5.10 Å². The van der Waals surface area contributed by atoms with Crippen LogP contribution in [0.3, 0.4) is 0 Å². The molecule has 18 heavy (non-hydrogen) atoms. The Morgan fingerprint density at radius 1 is 1.17 bits per heavy atom. The minimum atomic E-state index is 0.630. The summed E-state index contributed by atoms with van der Waals surface area (Å²) in [5.41, 5.74) is 3.25. The number of nitrogens with zero attached hydrogens (tertiary/aromatic N) is 2. The van der Waals surface area contributed by atoms with Gasteiger partial charge in [0.15, 0.2) is 0 Å². The highest BCUT2D eigenvalue weighted by molar-refractivity contribution is 9.10. The van der Waals surface area contributed by atoms with E-state index in [0.717, 1.165) is 26.6 Å². The van der Waals surface area contributed by atoms with Gasteiger partial charge in [-0.05, 0) is 24.3 Å². The average Bonchev–Trinajstić information content (AvgIpc) is 2.81.